The number of carbonyl (C=O) groups excluding carboxylic acids is 2. The van der Waals surface area contributed by atoms with Gasteiger partial charge >= 0.3 is 0 Å². The normalized spacial score (nSPS) is 15.9. The molecule has 2 aromatic carbocycles. The highest BCUT2D eigenvalue weighted by Gasteiger charge is 2.34. The summed E-state index contributed by atoms with van der Waals surface area (Å²) in [5.74, 6) is 1.02. The van der Waals surface area contributed by atoms with E-state index in [0.717, 1.165) is 34.2 Å². The minimum absolute atomic E-state index is 0.232. The van der Waals surface area contributed by atoms with E-state index in [1.165, 1.54) is 4.90 Å². The van der Waals surface area contributed by atoms with Gasteiger partial charge < -0.3 is 4.74 Å². The summed E-state index contributed by atoms with van der Waals surface area (Å²) in [5.41, 5.74) is 2.92. The van der Waals surface area contributed by atoms with Gasteiger partial charge in [-0.05, 0) is 53.9 Å². The van der Waals surface area contributed by atoms with Crippen molar-refractivity contribution in [3.63, 3.8) is 0 Å². The number of aryl methyl sites for hydroxylation is 1. The Morgan fingerprint density at radius 3 is 2.52 bits per heavy atom. The Morgan fingerprint density at radius 2 is 1.85 bits per heavy atom. The average molecular weight is 381 g/mol. The fraction of sp³-hybridized carbons (Fsp3) is 0.273. The van der Waals surface area contributed by atoms with Crippen LogP contribution in [0.15, 0.2) is 53.4 Å². The second-order valence-electron chi connectivity index (χ2n) is 7.03. The number of imide groups is 1. The summed E-state index contributed by atoms with van der Waals surface area (Å²) >= 11 is 0.986. The number of benzene rings is 2. The maximum absolute atomic E-state index is 12.6. The van der Waals surface area contributed by atoms with Crippen molar-refractivity contribution in [2.24, 2.45) is 5.92 Å². The lowest BCUT2D eigenvalue weighted by molar-refractivity contribution is -0.123. The van der Waals surface area contributed by atoms with Gasteiger partial charge in [0.05, 0.1) is 18.1 Å². The molecule has 0 spiro atoms. The van der Waals surface area contributed by atoms with Crippen LogP contribution in [0.5, 0.6) is 5.75 Å². The third-order valence-corrected chi connectivity index (χ3v) is 4.97. The Balaban J connectivity index is 1.70. The van der Waals surface area contributed by atoms with Crippen molar-refractivity contribution in [2.45, 2.75) is 27.3 Å². The molecule has 4 nitrogen and oxygen atoms in total. The number of rotatable bonds is 6. The zero-order valence-corrected chi connectivity index (χ0v) is 16.6. The molecular formula is C22H23NO3S. The first-order chi connectivity index (χ1) is 12.9. The van der Waals surface area contributed by atoms with Gasteiger partial charge in [0.15, 0.2) is 0 Å². The van der Waals surface area contributed by atoms with Crippen molar-refractivity contribution < 1.29 is 14.3 Å². The standard InChI is InChI=1S/C22H23NO3S/c1-15(2)14-26-19-9-7-17(8-10-19)12-20-21(24)23(22(25)27-20)13-18-6-4-5-16(3)11-18/h4-12,15H,13-14H2,1-3H3/b20-12-. The molecule has 27 heavy (non-hydrogen) atoms. The molecule has 1 aliphatic heterocycles. The summed E-state index contributed by atoms with van der Waals surface area (Å²) in [6.45, 7) is 7.15. The summed E-state index contributed by atoms with van der Waals surface area (Å²) in [4.78, 5) is 26.7. The Morgan fingerprint density at radius 1 is 1.11 bits per heavy atom. The molecule has 0 aromatic heterocycles. The maximum Gasteiger partial charge on any atom is 0.293 e. The summed E-state index contributed by atoms with van der Waals surface area (Å²) < 4.78 is 5.67. The van der Waals surface area contributed by atoms with Gasteiger partial charge in [-0.25, -0.2) is 0 Å². The second-order valence-corrected chi connectivity index (χ2v) is 8.02. The molecule has 0 N–H and O–H groups in total. The molecule has 2 amide bonds. The van der Waals surface area contributed by atoms with Gasteiger partial charge in [-0.2, -0.15) is 0 Å². The first-order valence-corrected chi connectivity index (χ1v) is 9.78. The molecule has 0 unspecified atom stereocenters. The molecule has 3 rings (SSSR count). The Kier molecular flexibility index (Phi) is 6.01. The number of hydrogen-bond donors (Lipinski definition) is 0. The largest absolute Gasteiger partial charge is 0.493 e. The molecule has 0 radical (unpaired) electrons. The van der Waals surface area contributed by atoms with Gasteiger partial charge in [0.25, 0.3) is 11.1 Å². The molecule has 1 fully saturated rings. The van der Waals surface area contributed by atoms with Gasteiger partial charge in [0, 0.05) is 0 Å². The zero-order valence-electron chi connectivity index (χ0n) is 15.8. The van der Waals surface area contributed by atoms with Crippen molar-refractivity contribution in [3.05, 3.63) is 70.1 Å². The van der Waals surface area contributed by atoms with Gasteiger partial charge in [0.1, 0.15) is 5.75 Å². The van der Waals surface area contributed by atoms with Gasteiger partial charge in [-0.15, -0.1) is 0 Å². The minimum atomic E-state index is -0.244. The first kappa shape index (κ1) is 19.2. The number of hydrogen-bond acceptors (Lipinski definition) is 4. The van der Waals surface area contributed by atoms with Crippen LogP contribution in [0.4, 0.5) is 4.79 Å². The van der Waals surface area contributed by atoms with Crippen LogP contribution in [-0.4, -0.2) is 22.7 Å². The van der Waals surface area contributed by atoms with Crippen LogP contribution in [-0.2, 0) is 11.3 Å². The quantitative estimate of drug-likeness (QED) is 0.640. The SMILES string of the molecule is Cc1cccc(CN2C(=O)S/C(=C\c3ccc(OCC(C)C)cc3)C2=O)c1. The molecule has 0 aliphatic carbocycles. The lowest BCUT2D eigenvalue weighted by Gasteiger charge is -2.12. The highest BCUT2D eigenvalue weighted by molar-refractivity contribution is 8.18. The zero-order chi connectivity index (χ0) is 19.4. The molecule has 2 aromatic rings. The fourth-order valence-electron chi connectivity index (χ4n) is 2.70. The molecule has 1 saturated heterocycles. The Bertz CT molecular complexity index is 871. The molecule has 5 heteroatoms. The molecule has 140 valence electrons. The predicted octanol–water partition coefficient (Wildman–Crippen LogP) is 5.27. The van der Waals surface area contributed by atoms with Crippen molar-refractivity contribution in [1.29, 1.82) is 0 Å². The molecule has 1 heterocycles. The highest BCUT2D eigenvalue weighted by Crippen LogP contribution is 2.33. The van der Waals surface area contributed by atoms with Crippen LogP contribution < -0.4 is 4.74 Å². The first-order valence-electron chi connectivity index (χ1n) is 8.96. The third-order valence-electron chi connectivity index (χ3n) is 4.06. The van der Waals surface area contributed by atoms with Crippen LogP contribution in [0.3, 0.4) is 0 Å². The van der Waals surface area contributed by atoms with Gasteiger partial charge in [-0.1, -0.05) is 55.8 Å². The summed E-state index contributed by atoms with van der Waals surface area (Å²) in [7, 11) is 0. The van der Waals surface area contributed by atoms with E-state index in [4.69, 9.17) is 4.74 Å². The topological polar surface area (TPSA) is 46.6 Å². The average Bonchev–Trinajstić information content (AvgIpc) is 2.89. The van der Waals surface area contributed by atoms with Crippen LogP contribution in [0, 0.1) is 12.8 Å². The molecule has 0 atom stereocenters. The van der Waals surface area contributed by atoms with Crippen LogP contribution in [0.1, 0.15) is 30.5 Å². The highest BCUT2D eigenvalue weighted by atomic mass is 32.2. The lowest BCUT2D eigenvalue weighted by atomic mass is 10.1. The maximum atomic E-state index is 12.6. The minimum Gasteiger partial charge on any atom is -0.493 e. The third kappa shape index (κ3) is 5.01. The van der Waals surface area contributed by atoms with Crippen molar-refractivity contribution in [3.8, 4) is 5.75 Å². The van der Waals surface area contributed by atoms with E-state index in [1.807, 2.05) is 55.5 Å². The molecular weight excluding hydrogens is 358 g/mol. The molecule has 0 saturated carbocycles. The van der Waals surface area contributed by atoms with E-state index in [2.05, 4.69) is 13.8 Å². The van der Waals surface area contributed by atoms with E-state index in [9.17, 15) is 9.59 Å². The van der Waals surface area contributed by atoms with Crippen molar-refractivity contribution >= 4 is 29.0 Å². The van der Waals surface area contributed by atoms with Crippen molar-refractivity contribution in [1.82, 2.24) is 4.90 Å². The van der Waals surface area contributed by atoms with Crippen LogP contribution in [0.25, 0.3) is 6.08 Å². The number of nitrogens with zero attached hydrogens (tertiary/aromatic N) is 1. The van der Waals surface area contributed by atoms with Gasteiger partial charge in [-0.3, -0.25) is 14.5 Å². The number of ether oxygens (including phenoxy) is 1. The summed E-state index contributed by atoms with van der Waals surface area (Å²) in [6, 6.07) is 15.4. The number of thioether (sulfide) groups is 1. The Hall–Kier alpha value is -2.53. The van der Waals surface area contributed by atoms with Gasteiger partial charge in [0.2, 0.25) is 0 Å². The predicted molar refractivity (Wildman–Crippen MR) is 109 cm³/mol. The number of carbonyl (C=O) groups is 2. The van der Waals surface area contributed by atoms with E-state index in [-0.39, 0.29) is 11.1 Å². The summed E-state index contributed by atoms with van der Waals surface area (Å²) in [5, 5.41) is -0.232. The van der Waals surface area contributed by atoms with E-state index in [1.54, 1.807) is 6.08 Å². The van der Waals surface area contributed by atoms with Crippen LogP contribution >= 0.6 is 11.8 Å². The smallest absolute Gasteiger partial charge is 0.293 e. The Labute approximate surface area is 164 Å². The lowest BCUT2D eigenvalue weighted by Crippen LogP contribution is -2.27. The van der Waals surface area contributed by atoms with E-state index in [0.29, 0.717) is 24.0 Å². The van der Waals surface area contributed by atoms with Crippen molar-refractivity contribution in [2.75, 3.05) is 6.61 Å². The van der Waals surface area contributed by atoms with E-state index < -0.39 is 0 Å². The second kappa shape index (κ2) is 8.44. The number of amides is 2. The van der Waals surface area contributed by atoms with Crippen LogP contribution in [0.2, 0.25) is 0 Å². The molecule has 1 aliphatic rings. The van der Waals surface area contributed by atoms with E-state index >= 15 is 0 Å². The monoisotopic (exact) mass is 381 g/mol. The molecule has 0 bridgehead atoms. The summed E-state index contributed by atoms with van der Waals surface area (Å²) in [6.07, 6.45) is 1.76. The fourth-order valence-corrected chi connectivity index (χ4v) is 3.54.